The SMILES string of the molecule is Cc1cc(-c2c(C)cc(Cl)cc2C)cc([C@H](CC(=O)O)NC(=O)[C@H](CC(C)C)NC(=O)c2cccn(CCCN3CC4(CCCC4)C3)c2=O)c1F. The molecule has 2 aromatic carbocycles. The summed E-state index contributed by atoms with van der Waals surface area (Å²) < 4.78 is 17.3. The first-order valence-electron chi connectivity index (χ1n) is 18.0. The van der Waals surface area contributed by atoms with Crippen LogP contribution in [-0.4, -0.2) is 58.0 Å². The molecule has 3 aromatic rings. The zero-order valence-electron chi connectivity index (χ0n) is 30.3. The first kappa shape index (κ1) is 38.2. The number of nitrogens with zero attached hydrogens (tertiary/aromatic N) is 2. The Labute approximate surface area is 304 Å². The summed E-state index contributed by atoms with van der Waals surface area (Å²) in [5.41, 5.74) is 3.51. The quantitative estimate of drug-likeness (QED) is 0.165. The lowest BCUT2D eigenvalue weighted by Crippen LogP contribution is -2.55. The van der Waals surface area contributed by atoms with E-state index in [2.05, 4.69) is 15.5 Å². The number of aryl methyl sites for hydroxylation is 4. The van der Waals surface area contributed by atoms with E-state index in [4.69, 9.17) is 11.6 Å². The first-order chi connectivity index (χ1) is 24.2. The van der Waals surface area contributed by atoms with Gasteiger partial charge in [0, 0.05) is 36.4 Å². The Bertz CT molecular complexity index is 1820. The van der Waals surface area contributed by atoms with Crippen LogP contribution >= 0.6 is 11.6 Å². The van der Waals surface area contributed by atoms with Crippen molar-refractivity contribution >= 4 is 29.4 Å². The van der Waals surface area contributed by atoms with Crippen LogP contribution in [-0.2, 0) is 16.1 Å². The number of aromatic nitrogens is 1. The molecule has 1 spiro atoms. The van der Waals surface area contributed by atoms with Gasteiger partial charge in [0.25, 0.3) is 11.5 Å². The summed E-state index contributed by atoms with van der Waals surface area (Å²) in [6.07, 6.45) is 7.32. The molecule has 1 saturated carbocycles. The normalized spacial score (nSPS) is 16.5. The molecule has 5 rings (SSSR count). The van der Waals surface area contributed by atoms with Crippen molar-refractivity contribution in [2.24, 2.45) is 11.3 Å². The fraction of sp³-hybridized carbons (Fsp3) is 0.500. The van der Waals surface area contributed by atoms with Crippen LogP contribution in [0.4, 0.5) is 4.39 Å². The topological polar surface area (TPSA) is 121 Å². The van der Waals surface area contributed by atoms with Crippen molar-refractivity contribution < 1.29 is 23.9 Å². The predicted molar refractivity (Wildman–Crippen MR) is 198 cm³/mol. The third-order valence-corrected chi connectivity index (χ3v) is 10.6. The van der Waals surface area contributed by atoms with E-state index in [0.717, 1.165) is 42.7 Å². The number of aliphatic carboxylic acids is 1. The minimum Gasteiger partial charge on any atom is -0.481 e. The average molecular weight is 721 g/mol. The molecule has 0 bridgehead atoms. The fourth-order valence-electron chi connectivity index (χ4n) is 8.04. The van der Waals surface area contributed by atoms with Crippen molar-refractivity contribution in [3.05, 3.63) is 91.6 Å². The summed E-state index contributed by atoms with van der Waals surface area (Å²) in [5, 5.41) is 15.8. The van der Waals surface area contributed by atoms with Gasteiger partial charge in [-0.05, 0) is 129 Å². The molecule has 1 saturated heterocycles. The molecule has 2 heterocycles. The minimum atomic E-state index is -1.24. The van der Waals surface area contributed by atoms with Gasteiger partial charge in [0.1, 0.15) is 17.4 Å². The number of pyridine rings is 1. The smallest absolute Gasteiger partial charge is 0.305 e. The molecule has 2 fully saturated rings. The Morgan fingerprint density at radius 2 is 1.65 bits per heavy atom. The lowest BCUT2D eigenvalue weighted by molar-refractivity contribution is -0.137. The molecule has 3 N–H and O–H groups in total. The number of hydrogen-bond donors (Lipinski definition) is 3. The van der Waals surface area contributed by atoms with Crippen LogP contribution in [0.5, 0.6) is 0 Å². The lowest BCUT2D eigenvalue weighted by atomic mass is 9.78. The van der Waals surface area contributed by atoms with E-state index in [-0.39, 0.29) is 29.0 Å². The van der Waals surface area contributed by atoms with E-state index in [1.807, 2.05) is 27.7 Å². The Morgan fingerprint density at radius 3 is 2.27 bits per heavy atom. The van der Waals surface area contributed by atoms with Gasteiger partial charge in [0.15, 0.2) is 0 Å². The highest BCUT2D eigenvalue weighted by molar-refractivity contribution is 6.30. The molecule has 9 nitrogen and oxygen atoms in total. The molecule has 0 unspecified atom stereocenters. The third-order valence-electron chi connectivity index (χ3n) is 10.4. The van der Waals surface area contributed by atoms with Gasteiger partial charge in [-0.15, -0.1) is 0 Å². The van der Waals surface area contributed by atoms with E-state index >= 15 is 4.39 Å². The van der Waals surface area contributed by atoms with Crippen molar-refractivity contribution in [3.8, 4) is 11.1 Å². The molecule has 274 valence electrons. The van der Waals surface area contributed by atoms with Crippen LogP contribution in [0.2, 0.25) is 5.02 Å². The highest BCUT2D eigenvalue weighted by Gasteiger charge is 2.44. The molecular weight excluding hydrogens is 671 g/mol. The molecule has 1 aliphatic heterocycles. The molecule has 1 aliphatic carbocycles. The Balaban J connectivity index is 1.32. The van der Waals surface area contributed by atoms with Crippen molar-refractivity contribution in [3.63, 3.8) is 0 Å². The van der Waals surface area contributed by atoms with Crippen LogP contribution in [0.15, 0.2) is 47.4 Å². The van der Waals surface area contributed by atoms with Gasteiger partial charge >= 0.3 is 5.97 Å². The van der Waals surface area contributed by atoms with Crippen LogP contribution in [0.25, 0.3) is 11.1 Å². The zero-order chi connectivity index (χ0) is 37.0. The predicted octanol–water partition coefficient (Wildman–Crippen LogP) is 6.98. The van der Waals surface area contributed by atoms with Gasteiger partial charge in [-0.25, -0.2) is 4.39 Å². The van der Waals surface area contributed by atoms with Crippen LogP contribution in [0.1, 0.15) is 97.4 Å². The maximum Gasteiger partial charge on any atom is 0.305 e. The number of likely N-dealkylation sites (tertiary alicyclic amines) is 1. The molecule has 51 heavy (non-hydrogen) atoms. The Kier molecular flexibility index (Phi) is 12.1. The molecule has 2 amide bonds. The number of carbonyl (C=O) groups excluding carboxylic acids is 2. The Hall–Kier alpha value is -4.02. The number of halogens is 2. The van der Waals surface area contributed by atoms with Gasteiger partial charge in [-0.1, -0.05) is 38.3 Å². The summed E-state index contributed by atoms with van der Waals surface area (Å²) in [4.78, 5) is 55.2. The highest BCUT2D eigenvalue weighted by Crippen LogP contribution is 2.45. The monoisotopic (exact) mass is 720 g/mol. The number of carboxylic acid groups (broad SMARTS) is 1. The largest absolute Gasteiger partial charge is 0.481 e. The maximum absolute atomic E-state index is 15.8. The molecule has 2 atom stereocenters. The summed E-state index contributed by atoms with van der Waals surface area (Å²) in [5.74, 6) is -3.28. The third kappa shape index (κ3) is 9.08. The molecule has 2 aliphatic rings. The van der Waals surface area contributed by atoms with Gasteiger partial charge < -0.3 is 25.2 Å². The first-order valence-corrected chi connectivity index (χ1v) is 18.4. The fourth-order valence-corrected chi connectivity index (χ4v) is 8.36. The van der Waals surface area contributed by atoms with E-state index in [1.165, 1.54) is 36.3 Å². The number of benzene rings is 2. The summed E-state index contributed by atoms with van der Waals surface area (Å²) in [6.45, 7) is 12.7. The minimum absolute atomic E-state index is 0.0201. The average Bonchev–Trinajstić information content (AvgIpc) is 3.52. The summed E-state index contributed by atoms with van der Waals surface area (Å²) in [7, 11) is 0. The van der Waals surface area contributed by atoms with E-state index < -0.39 is 47.7 Å². The van der Waals surface area contributed by atoms with Crippen molar-refractivity contribution in [2.45, 2.75) is 98.2 Å². The van der Waals surface area contributed by atoms with Crippen molar-refractivity contribution in [1.82, 2.24) is 20.1 Å². The maximum atomic E-state index is 15.8. The summed E-state index contributed by atoms with van der Waals surface area (Å²) in [6, 6.07) is 7.60. The van der Waals surface area contributed by atoms with Crippen LogP contribution < -0.4 is 16.2 Å². The number of hydrogen-bond acceptors (Lipinski definition) is 5. The number of nitrogens with one attached hydrogen (secondary N) is 2. The van der Waals surface area contributed by atoms with Crippen LogP contribution in [0.3, 0.4) is 0 Å². The lowest BCUT2D eigenvalue weighted by Gasteiger charge is -2.48. The van der Waals surface area contributed by atoms with E-state index in [9.17, 15) is 24.3 Å². The van der Waals surface area contributed by atoms with Gasteiger partial charge in [-0.2, -0.15) is 0 Å². The molecule has 0 radical (unpaired) electrons. The number of rotatable bonds is 14. The highest BCUT2D eigenvalue weighted by atomic mass is 35.5. The zero-order valence-corrected chi connectivity index (χ0v) is 31.0. The molecular formula is C40H50ClFN4O5. The van der Waals surface area contributed by atoms with Crippen LogP contribution in [0, 0.1) is 37.9 Å². The second-order valence-electron chi connectivity index (χ2n) is 15.1. The number of carbonyl (C=O) groups is 3. The number of amides is 2. The standard InChI is InChI=1S/C40H50ClFN4O5/c1-24(2)16-33(44-37(49)30-10-8-14-46(39(30)51)15-9-13-45-22-40(23-45)11-6-7-12-40)38(50)43-32(21-34(47)48)31-20-28(17-27(5)36(31)42)35-25(3)18-29(41)19-26(35)4/h8,10,14,17-20,24,32-33H,6-7,9,11-13,15-16,21-23H2,1-5H3,(H,43,50)(H,44,49)(H,47,48)/t32-,33-/m0/s1. The van der Waals surface area contributed by atoms with E-state index in [1.54, 1.807) is 43.5 Å². The van der Waals surface area contributed by atoms with Gasteiger partial charge in [-0.3, -0.25) is 19.2 Å². The molecule has 1 aromatic heterocycles. The van der Waals surface area contributed by atoms with Crippen molar-refractivity contribution in [1.29, 1.82) is 0 Å². The Morgan fingerprint density at radius 1 is 0.980 bits per heavy atom. The number of carboxylic acids is 1. The van der Waals surface area contributed by atoms with Crippen molar-refractivity contribution in [2.75, 3.05) is 19.6 Å². The second-order valence-corrected chi connectivity index (χ2v) is 15.6. The molecule has 11 heteroatoms. The van der Waals surface area contributed by atoms with E-state index in [0.29, 0.717) is 22.5 Å². The van der Waals surface area contributed by atoms with Gasteiger partial charge in [0.2, 0.25) is 5.91 Å². The van der Waals surface area contributed by atoms with Gasteiger partial charge in [0.05, 0.1) is 12.5 Å². The second kappa shape index (κ2) is 16.1. The summed E-state index contributed by atoms with van der Waals surface area (Å²) >= 11 is 6.25.